The Morgan fingerprint density at radius 2 is 1.76 bits per heavy atom. The molecule has 0 spiro atoms. The van der Waals surface area contributed by atoms with E-state index in [-0.39, 0.29) is 5.82 Å². The molecule has 3 heterocycles. The van der Waals surface area contributed by atoms with E-state index >= 15 is 0 Å². The van der Waals surface area contributed by atoms with Crippen molar-refractivity contribution in [1.82, 2.24) is 19.9 Å². The fourth-order valence-corrected chi connectivity index (χ4v) is 3.79. The second-order valence-corrected chi connectivity index (χ2v) is 7.84. The first-order chi connectivity index (χ1) is 16.7. The summed E-state index contributed by atoms with van der Waals surface area (Å²) in [5.41, 5.74) is 4.68. The highest BCUT2D eigenvalue weighted by Crippen LogP contribution is 2.27. The molecule has 0 aliphatic carbocycles. The van der Waals surface area contributed by atoms with E-state index in [9.17, 15) is 4.39 Å². The number of rotatable bonds is 7. The summed E-state index contributed by atoms with van der Waals surface area (Å²) >= 11 is 0. The predicted octanol–water partition coefficient (Wildman–Crippen LogP) is 4.07. The minimum atomic E-state index is -0.272. The van der Waals surface area contributed by atoms with Crippen LogP contribution in [0.5, 0.6) is 5.88 Å². The van der Waals surface area contributed by atoms with Crippen molar-refractivity contribution in [3.05, 3.63) is 66.1 Å². The molecule has 1 aliphatic heterocycles. The summed E-state index contributed by atoms with van der Waals surface area (Å²) < 4.78 is 24.3. The van der Waals surface area contributed by atoms with E-state index in [1.165, 1.54) is 12.1 Å². The van der Waals surface area contributed by atoms with Crippen LogP contribution in [-0.2, 0) is 11.3 Å². The van der Waals surface area contributed by atoms with Crippen LogP contribution >= 0.6 is 0 Å². The normalized spacial score (nSPS) is 13.8. The Morgan fingerprint density at radius 1 is 1.00 bits per heavy atom. The quantitative estimate of drug-likeness (QED) is 0.442. The van der Waals surface area contributed by atoms with Crippen LogP contribution in [0.15, 0.2) is 54.7 Å². The first-order valence-corrected chi connectivity index (χ1v) is 11.3. The maximum absolute atomic E-state index is 13.1. The molecular weight excluding hydrogens is 435 g/mol. The maximum Gasteiger partial charge on any atom is 0.247 e. The van der Waals surface area contributed by atoms with Gasteiger partial charge in [-0.15, -0.1) is 0 Å². The summed E-state index contributed by atoms with van der Waals surface area (Å²) in [6.45, 7) is 6.05. The molecule has 34 heavy (non-hydrogen) atoms. The zero-order valence-corrected chi connectivity index (χ0v) is 18.9. The van der Waals surface area contributed by atoms with Crippen LogP contribution in [0.3, 0.4) is 0 Å². The Bertz CT molecular complexity index is 1260. The molecule has 4 aromatic rings. The molecule has 1 aliphatic rings. The highest BCUT2D eigenvalue weighted by atomic mass is 19.1. The van der Waals surface area contributed by atoms with Crippen molar-refractivity contribution in [2.24, 2.45) is 0 Å². The topological polar surface area (TPSA) is 85.3 Å². The molecule has 0 unspecified atom stereocenters. The van der Waals surface area contributed by atoms with Crippen LogP contribution in [-0.4, -0.2) is 52.8 Å². The molecule has 2 aromatic heterocycles. The van der Waals surface area contributed by atoms with Gasteiger partial charge in [-0.25, -0.2) is 14.4 Å². The van der Waals surface area contributed by atoms with Gasteiger partial charge < -0.3 is 19.7 Å². The van der Waals surface area contributed by atoms with E-state index in [2.05, 4.69) is 37.3 Å². The van der Waals surface area contributed by atoms with Gasteiger partial charge in [0.2, 0.25) is 11.8 Å². The maximum atomic E-state index is 13.1. The van der Waals surface area contributed by atoms with Gasteiger partial charge >= 0.3 is 0 Å². The van der Waals surface area contributed by atoms with Crippen molar-refractivity contribution in [2.45, 2.75) is 13.5 Å². The minimum Gasteiger partial charge on any atom is -0.476 e. The highest BCUT2D eigenvalue weighted by molar-refractivity contribution is 5.79. The van der Waals surface area contributed by atoms with Gasteiger partial charge in [-0.05, 0) is 36.8 Å². The predicted molar refractivity (Wildman–Crippen MR) is 128 cm³/mol. The van der Waals surface area contributed by atoms with Gasteiger partial charge in [0, 0.05) is 30.9 Å². The number of ether oxygens (including phenoxy) is 2. The van der Waals surface area contributed by atoms with Gasteiger partial charge in [-0.3, -0.25) is 0 Å². The first kappa shape index (κ1) is 22.0. The number of nitrogens with one attached hydrogen (secondary N) is 1. The Balaban J connectivity index is 1.39. The zero-order valence-electron chi connectivity index (χ0n) is 18.9. The van der Waals surface area contributed by atoms with Crippen LogP contribution in [0.2, 0.25) is 0 Å². The van der Waals surface area contributed by atoms with Gasteiger partial charge in [-0.2, -0.15) is 9.97 Å². The molecular formula is C25H25FN6O2. The van der Waals surface area contributed by atoms with Crippen LogP contribution in [0.25, 0.3) is 22.4 Å². The Hall–Kier alpha value is -3.85. The Morgan fingerprint density at radius 3 is 2.50 bits per heavy atom. The summed E-state index contributed by atoms with van der Waals surface area (Å²) in [5, 5.41) is 3.15. The van der Waals surface area contributed by atoms with Gasteiger partial charge in [0.15, 0.2) is 11.2 Å². The molecule has 0 radical (unpaired) electrons. The molecule has 5 rings (SSSR count). The molecule has 8 nitrogen and oxygen atoms in total. The lowest BCUT2D eigenvalue weighted by Gasteiger charge is -2.28. The van der Waals surface area contributed by atoms with Crippen molar-refractivity contribution in [2.75, 3.05) is 43.1 Å². The Kier molecular flexibility index (Phi) is 6.44. The monoisotopic (exact) mass is 460 g/mol. The standard InChI is InChI=1S/C25H25FN6O2/c1-2-34-24-22-23(30-25(31-24)28-15-17-3-7-19(26)8-4-17)27-16-21(29-22)18-5-9-20(10-6-18)32-11-13-33-14-12-32/h3-10,16H,2,11-15H2,1H3,(H,27,28,30,31). The molecule has 1 N–H and O–H groups in total. The number of fused-ring (bicyclic) bond motifs is 1. The lowest BCUT2D eigenvalue weighted by atomic mass is 10.1. The third-order valence-electron chi connectivity index (χ3n) is 5.56. The van der Waals surface area contributed by atoms with Crippen molar-refractivity contribution in [3.63, 3.8) is 0 Å². The number of nitrogens with zero attached hydrogens (tertiary/aromatic N) is 5. The summed E-state index contributed by atoms with van der Waals surface area (Å²) in [4.78, 5) is 20.6. The van der Waals surface area contributed by atoms with E-state index in [0.29, 0.717) is 36.1 Å². The van der Waals surface area contributed by atoms with E-state index in [0.717, 1.165) is 48.8 Å². The third-order valence-corrected chi connectivity index (χ3v) is 5.56. The second-order valence-electron chi connectivity index (χ2n) is 7.84. The number of hydrogen-bond donors (Lipinski definition) is 1. The number of morpholine rings is 1. The molecule has 0 atom stereocenters. The fraction of sp³-hybridized carbons (Fsp3) is 0.280. The molecule has 1 fully saturated rings. The third kappa shape index (κ3) is 4.89. The molecule has 174 valence electrons. The van der Waals surface area contributed by atoms with Crippen LogP contribution < -0.4 is 15.0 Å². The second kappa shape index (κ2) is 9.96. The Labute approximate surface area is 196 Å². The summed E-state index contributed by atoms with van der Waals surface area (Å²) in [7, 11) is 0. The number of halogens is 1. The molecule has 0 saturated carbocycles. The van der Waals surface area contributed by atoms with Crippen molar-refractivity contribution in [1.29, 1.82) is 0 Å². The van der Waals surface area contributed by atoms with Gasteiger partial charge in [-0.1, -0.05) is 24.3 Å². The molecule has 9 heteroatoms. The highest BCUT2D eigenvalue weighted by Gasteiger charge is 2.15. The molecule has 1 saturated heterocycles. The fourth-order valence-electron chi connectivity index (χ4n) is 3.79. The van der Waals surface area contributed by atoms with E-state index < -0.39 is 0 Å². The van der Waals surface area contributed by atoms with E-state index in [4.69, 9.17) is 14.5 Å². The lowest BCUT2D eigenvalue weighted by molar-refractivity contribution is 0.122. The van der Waals surface area contributed by atoms with Gasteiger partial charge in [0.1, 0.15) is 5.82 Å². The summed E-state index contributed by atoms with van der Waals surface area (Å²) in [6.07, 6.45) is 1.71. The van der Waals surface area contributed by atoms with Crippen LogP contribution in [0.1, 0.15) is 12.5 Å². The van der Waals surface area contributed by atoms with Crippen molar-refractivity contribution in [3.8, 4) is 17.1 Å². The lowest BCUT2D eigenvalue weighted by Crippen LogP contribution is -2.36. The number of aromatic nitrogens is 4. The van der Waals surface area contributed by atoms with Gasteiger partial charge in [0.05, 0.1) is 31.7 Å². The summed E-state index contributed by atoms with van der Waals surface area (Å²) in [5.74, 6) is 0.469. The van der Waals surface area contributed by atoms with Crippen LogP contribution in [0, 0.1) is 5.82 Å². The van der Waals surface area contributed by atoms with Crippen molar-refractivity contribution < 1.29 is 13.9 Å². The van der Waals surface area contributed by atoms with Crippen molar-refractivity contribution >= 4 is 22.8 Å². The molecule has 0 bridgehead atoms. The van der Waals surface area contributed by atoms with Gasteiger partial charge in [0.25, 0.3) is 0 Å². The summed E-state index contributed by atoms with van der Waals surface area (Å²) in [6, 6.07) is 14.5. The number of benzene rings is 2. The number of anilines is 2. The molecule has 0 amide bonds. The zero-order chi connectivity index (χ0) is 23.3. The largest absolute Gasteiger partial charge is 0.476 e. The smallest absolute Gasteiger partial charge is 0.247 e. The SMILES string of the molecule is CCOc1nc(NCc2ccc(F)cc2)nc2ncc(-c3ccc(N4CCOCC4)cc3)nc12. The first-order valence-electron chi connectivity index (χ1n) is 11.3. The number of hydrogen-bond acceptors (Lipinski definition) is 8. The van der Waals surface area contributed by atoms with E-state index in [1.54, 1.807) is 18.3 Å². The van der Waals surface area contributed by atoms with E-state index in [1.807, 2.05) is 19.1 Å². The molecule has 2 aromatic carbocycles. The average Bonchev–Trinajstić information content (AvgIpc) is 2.89. The average molecular weight is 461 g/mol. The minimum absolute atomic E-state index is 0.272. The van der Waals surface area contributed by atoms with Crippen LogP contribution in [0.4, 0.5) is 16.0 Å².